The van der Waals surface area contributed by atoms with Gasteiger partial charge in [-0.15, -0.1) is 0 Å². The standard InChI is InChI=1S/C21H21N3O5S/c1-24-19(20(26)15-7-3-4-9-18(15)30(24)28)17(25)11-10-14-6-5-8-16(23-14)21(27)22-12-13-29-2/h3-11,26H,12-13H2,1-2H3,(H,22,27)/b11-10+. The van der Waals surface area contributed by atoms with Crippen LogP contribution < -0.4 is 5.32 Å². The molecule has 0 spiro atoms. The first kappa shape index (κ1) is 21.4. The van der Waals surface area contributed by atoms with E-state index in [1.807, 2.05) is 0 Å². The fraction of sp³-hybridized carbons (Fsp3) is 0.190. The number of hydrogen-bond donors (Lipinski definition) is 2. The van der Waals surface area contributed by atoms with Crippen molar-refractivity contribution in [1.29, 1.82) is 0 Å². The van der Waals surface area contributed by atoms with Crippen molar-refractivity contribution in [2.45, 2.75) is 4.90 Å². The molecule has 0 fully saturated rings. The number of ether oxygens (including phenoxy) is 1. The van der Waals surface area contributed by atoms with E-state index in [0.29, 0.717) is 29.3 Å². The third-order valence-electron chi connectivity index (χ3n) is 4.35. The lowest BCUT2D eigenvalue weighted by Crippen LogP contribution is -2.30. The van der Waals surface area contributed by atoms with Crippen molar-refractivity contribution < 1.29 is 23.6 Å². The van der Waals surface area contributed by atoms with E-state index < -0.39 is 16.8 Å². The summed E-state index contributed by atoms with van der Waals surface area (Å²) < 4.78 is 18.7. The molecular formula is C21H21N3O5S. The van der Waals surface area contributed by atoms with Crippen molar-refractivity contribution in [2.75, 3.05) is 27.3 Å². The number of nitrogens with zero attached hydrogens (tertiary/aromatic N) is 2. The van der Waals surface area contributed by atoms with Crippen molar-refractivity contribution in [2.24, 2.45) is 0 Å². The predicted molar refractivity (Wildman–Crippen MR) is 113 cm³/mol. The SMILES string of the molecule is COCCNC(=O)c1cccc(/C=C/C(=O)C2=C(O)c3ccccc3S(=O)N2C)n1. The number of amides is 1. The van der Waals surface area contributed by atoms with Crippen molar-refractivity contribution in [3.8, 4) is 0 Å². The molecule has 30 heavy (non-hydrogen) atoms. The predicted octanol–water partition coefficient (Wildman–Crippen LogP) is 1.93. The van der Waals surface area contributed by atoms with Crippen LogP contribution in [0.4, 0.5) is 0 Å². The number of aliphatic hydroxyl groups is 1. The zero-order chi connectivity index (χ0) is 21.7. The fourth-order valence-corrected chi connectivity index (χ4v) is 4.05. The van der Waals surface area contributed by atoms with E-state index in [1.165, 1.54) is 30.6 Å². The van der Waals surface area contributed by atoms with Gasteiger partial charge in [0.2, 0.25) is 5.78 Å². The van der Waals surface area contributed by atoms with Crippen LogP contribution in [0.3, 0.4) is 0 Å². The van der Waals surface area contributed by atoms with Crippen LogP contribution in [-0.2, 0) is 20.5 Å². The molecule has 0 saturated heterocycles. The smallest absolute Gasteiger partial charge is 0.269 e. The van der Waals surface area contributed by atoms with Crippen LogP contribution in [0, 0.1) is 0 Å². The van der Waals surface area contributed by atoms with E-state index in [2.05, 4.69) is 10.3 Å². The largest absolute Gasteiger partial charge is 0.505 e. The van der Waals surface area contributed by atoms with Crippen molar-refractivity contribution in [3.05, 3.63) is 71.2 Å². The van der Waals surface area contributed by atoms with E-state index in [0.717, 1.165) is 0 Å². The zero-order valence-corrected chi connectivity index (χ0v) is 17.3. The zero-order valence-electron chi connectivity index (χ0n) is 16.5. The minimum absolute atomic E-state index is 0.0725. The maximum atomic E-state index is 12.7. The molecule has 2 aromatic rings. The second-order valence-electron chi connectivity index (χ2n) is 6.33. The molecule has 1 aromatic carbocycles. The Hall–Kier alpha value is -3.30. The van der Waals surface area contributed by atoms with Crippen LogP contribution in [-0.4, -0.2) is 57.6 Å². The first-order valence-electron chi connectivity index (χ1n) is 9.09. The number of rotatable bonds is 7. The fourth-order valence-electron chi connectivity index (χ4n) is 2.86. The molecule has 156 valence electrons. The molecule has 2 heterocycles. The monoisotopic (exact) mass is 427 g/mol. The molecule has 1 amide bonds. The van der Waals surface area contributed by atoms with Gasteiger partial charge in [0.05, 0.1) is 17.2 Å². The maximum absolute atomic E-state index is 12.7. The van der Waals surface area contributed by atoms with E-state index in [4.69, 9.17) is 4.74 Å². The number of fused-ring (bicyclic) bond motifs is 1. The summed E-state index contributed by atoms with van der Waals surface area (Å²) in [6.45, 7) is 0.740. The van der Waals surface area contributed by atoms with Gasteiger partial charge in [-0.05, 0) is 36.4 Å². The molecule has 2 N–H and O–H groups in total. The second-order valence-corrected chi connectivity index (χ2v) is 7.82. The molecule has 0 aliphatic carbocycles. The topological polar surface area (TPSA) is 109 Å². The normalized spacial score (nSPS) is 15.9. The first-order chi connectivity index (χ1) is 14.4. The van der Waals surface area contributed by atoms with Crippen molar-refractivity contribution in [3.63, 3.8) is 0 Å². The molecule has 1 aliphatic rings. The molecule has 1 aliphatic heterocycles. The molecule has 1 unspecified atom stereocenters. The molecule has 8 nitrogen and oxygen atoms in total. The van der Waals surface area contributed by atoms with Crippen LogP contribution in [0.2, 0.25) is 0 Å². The van der Waals surface area contributed by atoms with Crippen LogP contribution in [0.5, 0.6) is 0 Å². The molecule has 1 aromatic heterocycles. The third-order valence-corrected chi connectivity index (χ3v) is 5.76. The molecule has 0 saturated carbocycles. The van der Waals surface area contributed by atoms with E-state index in [-0.39, 0.29) is 23.1 Å². The number of methoxy groups -OCH3 is 1. The number of ketones is 1. The van der Waals surface area contributed by atoms with Gasteiger partial charge < -0.3 is 15.2 Å². The Morgan fingerprint density at radius 3 is 2.77 bits per heavy atom. The molecule has 3 rings (SSSR count). The number of hydrogen-bond acceptors (Lipinski definition) is 6. The first-order valence-corrected chi connectivity index (χ1v) is 10.2. The van der Waals surface area contributed by atoms with Gasteiger partial charge in [0.15, 0.2) is 16.7 Å². The lowest BCUT2D eigenvalue weighted by atomic mass is 10.1. The summed E-state index contributed by atoms with van der Waals surface area (Å²) in [6.07, 6.45) is 2.66. The minimum atomic E-state index is -1.61. The Labute approximate surface area is 176 Å². The number of nitrogens with one attached hydrogen (secondary N) is 1. The Bertz CT molecular complexity index is 1060. The maximum Gasteiger partial charge on any atom is 0.269 e. The lowest BCUT2D eigenvalue weighted by molar-refractivity contribution is -0.112. The highest BCUT2D eigenvalue weighted by molar-refractivity contribution is 7.83. The van der Waals surface area contributed by atoms with Gasteiger partial charge in [0.1, 0.15) is 11.4 Å². The van der Waals surface area contributed by atoms with Crippen LogP contribution in [0.25, 0.3) is 11.8 Å². The van der Waals surface area contributed by atoms with Crippen molar-refractivity contribution in [1.82, 2.24) is 14.6 Å². The van der Waals surface area contributed by atoms with Gasteiger partial charge in [-0.2, -0.15) is 0 Å². The second kappa shape index (κ2) is 9.47. The van der Waals surface area contributed by atoms with E-state index >= 15 is 0 Å². The quantitative estimate of drug-likeness (QED) is 0.516. The van der Waals surface area contributed by atoms with Gasteiger partial charge in [-0.3, -0.25) is 13.9 Å². The third kappa shape index (κ3) is 4.47. The molecule has 0 radical (unpaired) electrons. The number of carbonyl (C=O) groups excluding carboxylic acids is 2. The summed E-state index contributed by atoms with van der Waals surface area (Å²) in [4.78, 5) is 29.5. The molecule has 9 heteroatoms. The van der Waals surface area contributed by atoms with Crippen LogP contribution in [0.1, 0.15) is 21.7 Å². The van der Waals surface area contributed by atoms with Gasteiger partial charge in [0, 0.05) is 26.3 Å². The average Bonchev–Trinajstić information content (AvgIpc) is 2.76. The summed E-state index contributed by atoms with van der Waals surface area (Å²) in [6, 6.07) is 11.5. The number of benzene rings is 1. The number of likely N-dealkylation sites (N-methyl/N-ethyl adjacent to an activating group) is 1. The number of aromatic nitrogens is 1. The number of aliphatic hydroxyl groups excluding tert-OH is 1. The molecular weight excluding hydrogens is 406 g/mol. The van der Waals surface area contributed by atoms with Gasteiger partial charge in [-0.25, -0.2) is 9.19 Å². The van der Waals surface area contributed by atoms with Gasteiger partial charge >= 0.3 is 0 Å². The number of carbonyl (C=O) groups is 2. The molecule has 1 atom stereocenters. The highest BCUT2D eigenvalue weighted by atomic mass is 32.2. The summed E-state index contributed by atoms with van der Waals surface area (Å²) in [7, 11) is 1.41. The Balaban J connectivity index is 1.82. The number of allylic oxidation sites excluding steroid dienone is 1. The van der Waals surface area contributed by atoms with Crippen LogP contribution in [0.15, 0.2) is 59.1 Å². The Morgan fingerprint density at radius 2 is 2.00 bits per heavy atom. The summed E-state index contributed by atoms with van der Waals surface area (Å²) >= 11 is 0. The van der Waals surface area contributed by atoms with Gasteiger partial charge in [-0.1, -0.05) is 18.2 Å². The minimum Gasteiger partial charge on any atom is -0.505 e. The Morgan fingerprint density at radius 1 is 1.23 bits per heavy atom. The Kier molecular flexibility index (Phi) is 6.76. The lowest BCUT2D eigenvalue weighted by Gasteiger charge is -2.26. The molecule has 0 bridgehead atoms. The van der Waals surface area contributed by atoms with E-state index in [9.17, 15) is 18.9 Å². The number of pyridine rings is 1. The highest BCUT2D eigenvalue weighted by Gasteiger charge is 2.31. The summed E-state index contributed by atoms with van der Waals surface area (Å²) in [5.41, 5.74) is 0.880. The van der Waals surface area contributed by atoms with Crippen molar-refractivity contribution >= 4 is 34.5 Å². The highest BCUT2D eigenvalue weighted by Crippen LogP contribution is 2.32. The summed E-state index contributed by atoms with van der Waals surface area (Å²) in [5, 5.41) is 13.2. The summed E-state index contributed by atoms with van der Waals surface area (Å²) in [5.74, 6) is -1.12. The van der Waals surface area contributed by atoms with Gasteiger partial charge in [0.25, 0.3) is 5.91 Å². The average molecular weight is 427 g/mol. The van der Waals surface area contributed by atoms with E-state index in [1.54, 1.807) is 42.5 Å². The van der Waals surface area contributed by atoms with Crippen LogP contribution >= 0.6 is 0 Å².